The smallest absolute Gasteiger partial charge is 0.321 e. The number of piperazine rings is 1. The van der Waals surface area contributed by atoms with Crippen molar-refractivity contribution in [1.29, 1.82) is 0 Å². The van der Waals surface area contributed by atoms with E-state index in [1.165, 1.54) is 5.56 Å². The largest absolute Gasteiger partial charge is 0.322 e. The second-order valence-corrected chi connectivity index (χ2v) is 7.44. The van der Waals surface area contributed by atoms with Crippen molar-refractivity contribution >= 4 is 34.9 Å². The molecule has 2 amide bonds. The van der Waals surface area contributed by atoms with Gasteiger partial charge in [-0.15, -0.1) is 0 Å². The minimum absolute atomic E-state index is 0.0673. The number of amides is 2. The minimum Gasteiger partial charge on any atom is -0.322 e. The quantitative estimate of drug-likeness (QED) is 0.819. The van der Waals surface area contributed by atoms with Crippen molar-refractivity contribution in [2.45, 2.75) is 13.3 Å². The van der Waals surface area contributed by atoms with E-state index in [-0.39, 0.29) is 6.03 Å². The summed E-state index contributed by atoms with van der Waals surface area (Å²) >= 11 is 12.0. The highest BCUT2D eigenvalue weighted by Crippen LogP contribution is 2.20. The molecule has 0 unspecified atom stereocenters. The summed E-state index contributed by atoms with van der Waals surface area (Å²) in [6.07, 6.45) is 0.991. The molecule has 138 valence electrons. The predicted molar refractivity (Wildman–Crippen MR) is 108 cm³/mol. The van der Waals surface area contributed by atoms with Crippen LogP contribution < -0.4 is 5.32 Å². The number of nitrogens with zero attached hydrogens (tertiary/aromatic N) is 2. The molecule has 1 saturated heterocycles. The van der Waals surface area contributed by atoms with E-state index in [9.17, 15) is 4.79 Å². The molecule has 1 heterocycles. The maximum atomic E-state index is 12.4. The monoisotopic (exact) mass is 391 g/mol. The van der Waals surface area contributed by atoms with Crippen molar-refractivity contribution in [3.8, 4) is 0 Å². The summed E-state index contributed by atoms with van der Waals surface area (Å²) in [5.41, 5.74) is 3.01. The van der Waals surface area contributed by atoms with Gasteiger partial charge in [-0.1, -0.05) is 41.4 Å². The summed E-state index contributed by atoms with van der Waals surface area (Å²) in [5.74, 6) is 0. The summed E-state index contributed by atoms with van der Waals surface area (Å²) < 4.78 is 0. The van der Waals surface area contributed by atoms with Crippen molar-refractivity contribution in [1.82, 2.24) is 9.80 Å². The molecular weight excluding hydrogens is 369 g/mol. The Bertz CT molecular complexity index is 756. The van der Waals surface area contributed by atoms with Gasteiger partial charge in [0.1, 0.15) is 0 Å². The third kappa shape index (κ3) is 5.13. The van der Waals surface area contributed by atoms with Crippen molar-refractivity contribution < 1.29 is 4.79 Å². The zero-order chi connectivity index (χ0) is 18.5. The van der Waals surface area contributed by atoms with E-state index in [1.807, 2.05) is 36.1 Å². The summed E-state index contributed by atoms with van der Waals surface area (Å²) in [6.45, 7) is 6.16. The van der Waals surface area contributed by atoms with Crippen LogP contribution in [-0.2, 0) is 6.42 Å². The highest BCUT2D eigenvalue weighted by atomic mass is 35.5. The Labute approximate surface area is 164 Å². The highest BCUT2D eigenvalue weighted by molar-refractivity contribution is 6.31. The third-order valence-electron chi connectivity index (χ3n) is 4.71. The Kier molecular flexibility index (Phi) is 6.41. The molecule has 1 fully saturated rings. The van der Waals surface area contributed by atoms with Crippen LogP contribution >= 0.6 is 23.2 Å². The lowest BCUT2D eigenvalue weighted by molar-refractivity contribution is 0.148. The number of carbonyl (C=O) groups is 1. The van der Waals surface area contributed by atoms with E-state index in [2.05, 4.69) is 22.3 Å². The van der Waals surface area contributed by atoms with Gasteiger partial charge < -0.3 is 10.2 Å². The highest BCUT2D eigenvalue weighted by Gasteiger charge is 2.21. The molecule has 1 aliphatic rings. The lowest BCUT2D eigenvalue weighted by Crippen LogP contribution is -2.50. The van der Waals surface area contributed by atoms with Crippen LogP contribution in [0.3, 0.4) is 0 Å². The first kappa shape index (κ1) is 19.0. The van der Waals surface area contributed by atoms with Gasteiger partial charge in [0.2, 0.25) is 0 Å². The molecule has 0 radical (unpaired) electrons. The molecule has 0 aliphatic carbocycles. The number of benzene rings is 2. The molecule has 26 heavy (non-hydrogen) atoms. The van der Waals surface area contributed by atoms with Crippen molar-refractivity contribution in [3.63, 3.8) is 0 Å². The van der Waals surface area contributed by atoms with Crippen LogP contribution in [-0.4, -0.2) is 48.6 Å². The first-order valence-electron chi connectivity index (χ1n) is 8.80. The van der Waals surface area contributed by atoms with Crippen molar-refractivity contribution in [2.75, 3.05) is 38.0 Å². The van der Waals surface area contributed by atoms with E-state index in [4.69, 9.17) is 23.2 Å². The van der Waals surface area contributed by atoms with E-state index >= 15 is 0 Å². The van der Waals surface area contributed by atoms with Gasteiger partial charge in [-0.3, -0.25) is 4.90 Å². The van der Waals surface area contributed by atoms with Crippen LogP contribution in [0.4, 0.5) is 10.5 Å². The number of hydrogen-bond acceptors (Lipinski definition) is 2. The average molecular weight is 392 g/mol. The number of aryl methyl sites for hydroxylation is 1. The second-order valence-electron chi connectivity index (χ2n) is 6.60. The number of halogens is 2. The van der Waals surface area contributed by atoms with Crippen LogP contribution in [0.1, 0.15) is 11.1 Å². The maximum absolute atomic E-state index is 12.4. The molecule has 1 N–H and O–H groups in total. The molecule has 2 aromatic rings. The Hall–Kier alpha value is -1.75. The van der Waals surface area contributed by atoms with Crippen LogP contribution in [0.25, 0.3) is 0 Å². The number of anilines is 1. The molecule has 1 aliphatic heterocycles. The van der Waals surface area contributed by atoms with Crippen LogP contribution in [0.15, 0.2) is 42.5 Å². The molecule has 6 heteroatoms. The molecule has 0 aromatic heterocycles. The standard InChI is InChI=1S/C20H23Cl2N3O/c1-15-2-7-18(14-19(15)22)23-20(26)25-12-10-24(11-13-25)9-8-16-3-5-17(21)6-4-16/h2-7,14H,8-13H2,1H3,(H,23,26). The lowest BCUT2D eigenvalue weighted by atomic mass is 10.1. The van der Waals surface area contributed by atoms with Crippen LogP contribution in [0.5, 0.6) is 0 Å². The van der Waals surface area contributed by atoms with E-state index in [0.717, 1.165) is 55.4 Å². The van der Waals surface area contributed by atoms with Gasteiger partial charge >= 0.3 is 6.03 Å². The van der Waals surface area contributed by atoms with Crippen LogP contribution in [0, 0.1) is 6.92 Å². The summed E-state index contributed by atoms with van der Waals surface area (Å²) in [4.78, 5) is 16.7. The van der Waals surface area contributed by atoms with Crippen molar-refractivity contribution in [3.05, 3.63) is 63.6 Å². The fraction of sp³-hybridized carbons (Fsp3) is 0.350. The van der Waals surface area contributed by atoms with Gasteiger partial charge in [-0.2, -0.15) is 0 Å². The molecule has 0 bridgehead atoms. The Balaban J connectivity index is 1.44. The normalized spacial score (nSPS) is 15.1. The number of nitrogens with one attached hydrogen (secondary N) is 1. The Morgan fingerprint density at radius 2 is 1.73 bits per heavy atom. The van der Waals surface area contributed by atoms with Gasteiger partial charge in [-0.25, -0.2) is 4.79 Å². The topological polar surface area (TPSA) is 35.6 Å². The Morgan fingerprint density at radius 3 is 2.38 bits per heavy atom. The van der Waals surface area contributed by atoms with Gasteiger partial charge in [0, 0.05) is 48.5 Å². The molecule has 4 nitrogen and oxygen atoms in total. The van der Waals surface area contributed by atoms with Gasteiger partial charge in [0.15, 0.2) is 0 Å². The molecule has 0 spiro atoms. The molecule has 2 aromatic carbocycles. The summed E-state index contributed by atoms with van der Waals surface area (Å²) in [6, 6.07) is 13.5. The first-order valence-corrected chi connectivity index (χ1v) is 9.56. The number of carbonyl (C=O) groups excluding carboxylic acids is 1. The number of urea groups is 1. The number of hydrogen-bond donors (Lipinski definition) is 1. The van der Waals surface area contributed by atoms with Gasteiger partial charge in [0.05, 0.1) is 0 Å². The second kappa shape index (κ2) is 8.76. The maximum Gasteiger partial charge on any atom is 0.321 e. The van der Waals surface area contributed by atoms with Crippen molar-refractivity contribution in [2.24, 2.45) is 0 Å². The molecule has 0 atom stereocenters. The van der Waals surface area contributed by atoms with E-state index in [0.29, 0.717) is 5.02 Å². The zero-order valence-electron chi connectivity index (χ0n) is 14.8. The SMILES string of the molecule is Cc1ccc(NC(=O)N2CCN(CCc3ccc(Cl)cc3)CC2)cc1Cl. The zero-order valence-corrected chi connectivity index (χ0v) is 16.4. The summed E-state index contributed by atoms with van der Waals surface area (Å²) in [7, 11) is 0. The fourth-order valence-corrected chi connectivity index (χ4v) is 3.29. The van der Waals surface area contributed by atoms with E-state index in [1.54, 1.807) is 6.07 Å². The third-order valence-corrected chi connectivity index (χ3v) is 5.37. The minimum atomic E-state index is -0.0673. The fourth-order valence-electron chi connectivity index (χ4n) is 2.99. The van der Waals surface area contributed by atoms with Gasteiger partial charge in [0.25, 0.3) is 0 Å². The molecule has 3 rings (SSSR count). The molecular formula is C20H23Cl2N3O. The number of rotatable bonds is 4. The first-order chi connectivity index (χ1) is 12.5. The predicted octanol–water partition coefficient (Wildman–Crippen LogP) is 4.69. The van der Waals surface area contributed by atoms with Gasteiger partial charge in [-0.05, 0) is 48.7 Å². The van der Waals surface area contributed by atoms with Crippen LogP contribution in [0.2, 0.25) is 10.0 Å². The average Bonchev–Trinajstić information content (AvgIpc) is 2.65. The Morgan fingerprint density at radius 1 is 1.04 bits per heavy atom. The summed E-state index contributed by atoms with van der Waals surface area (Å²) in [5, 5.41) is 4.36. The van der Waals surface area contributed by atoms with E-state index < -0.39 is 0 Å². The lowest BCUT2D eigenvalue weighted by Gasteiger charge is -2.34. The molecule has 0 saturated carbocycles.